The van der Waals surface area contributed by atoms with Crippen LogP contribution in [0.5, 0.6) is 0 Å². The molecule has 0 radical (unpaired) electrons. The van der Waals surface area contributed by atoms with Crippen molar-refractivity contribution in [3.63, 3.8) is 0 Å². The van der Waals surface area contributed by atoms with Crippen molar-refractivity contribution < 1.29 is 9.26 Å². The van der Waals surface area contributed by atoms with Crippen molar-refractivity contribution in [2.75, 3.05) is 41.8 Å². The number of ether oxygens (including phenoxy) is 1. The minimum atomic E-state index is 0.612. The minimum absolute atomic E-state index is 0.612. The van der Waals surface area contributed by atoms with Crippen molar-refractivity contribution in [3.05, 3.63) is 48.5 Å². The topological polar surface area (TPSA) is 88.3 Å². The van der Waals surface area contributed by atoms with Gasteiger partial charge in [-0.25, -0.2) is 9.97 Å². The second kappa shape index (κ2) is 7.40. The molecular formula is C18H20N6O2. The molecule has 26 heavy (non-hydrogen) atoms. The molecule has 0 saturated carbocycles. The number of nitrogens with one attached hydrogen (secondary N) is 2. The van der Waals surface area contributed by atoms with Gasteiger partial charge in [-0.15, -0.1) is 0 Å². The number of hydrogen-bond donors (Lipinski definition) is 2. The van der Waals surface area contributed by atoms with Crippen LogP contribution in [-0.2, 0) is 4.74 Å². The van der Waals surface area contributed by atoms with Gasteiger partial charge in [-0.05, 0) is 19.1 Å². The molecule has 2 aromatic heterocycles. The van der Waals surface area contributed by atoms with Crippen molar-refractivity contribution in [1.82, 2.24) is 15.1 Å². The monoisotopic (exact) mass is 352 g/mol. The molecule has 3 aromatic rings. The first-order chi connectivity index (χ1) is 12.8. The van der Waals surface area contributed by atoms with Crippen LogP contribution in [0.3, 0.4) is 0 Å². The molecule has 0 bridgehead atoms. The number of rotatable bonds is 5. The van der Waals surface area contributed by atoms with E-state index >= 15 is 0 Å². The summed E-state index contributed by atoms with van der Waals surface area (Å²) < 4.78 is 10.5. The normalized spacial score (nSPS) is 14.3. The molecule has 0 spiro atoms. The van der Waals surface area contributed by atoms with Crippen LogP contribution in [-0.4, -0.2) is 41.4 Å². The number of aromatic nitrogens is 3. The summed E-state index contributed by atoms with van der Waals surface area (Å²) in [6, 6.07) is 11.8. The zero-order valence-electron chi connectivity index (χ0n) is 14.5. The third-order valence-corrected chi connectivity index (χ3v) is 4.07. The first kappa shape index (κ1) is 16.3. The molecule has 1 fully saturated rings. The first-order valence-electron chi connectivity index (χ1n) is 8.49. The summed E-state index contributed by atoms with van der Waals surface area (Å²) in [7, 11) is 0. The number of anilines is 5. The Kier molecular flexibility index (Phi) is 4.65. The van der Waals surface area contributed by atoms with E-state index in [1.807, 2.05) is 37.3 Å². The summed E-state index contributed by atoms with van der Waals surface area (Å²) in [6.07, 6.45) is 1.51. The Hall–Kier alpha value is -3.13. The molecule has 1 saturated heterocycles. The molecule has 8 heteroatoms. The van der Waals surface area contributed by atoms with Gasteiger partial charge in [-0.2, -0.15) is 0 Å². The van der Waals surface area contributed by atoms with E-state index in [2.05, 4.69) is 36.7 Å². The number of morpholine rings is 1. The molecule has 0 amide bonds. The Labute approximate surface area is 151 Å². The first-order valence-corrected chi connectivity index (χ1v) is 8.49. The van der Waals surface area contributed by atoms with Gasteiger partial charge in [0.2, 0.25) is 0 Å². The molecule has 134 valence electrons. The van der Waals surface area contributed by atoms with Crippen molar-refractivity contribution in [1.29, 1.82) is 0 Å². The third-order valence-electron chi connectivity index (χ3n) is 4.07. The average Bonchev–Trinajstić information content (AvgIpc) is 3.08. The van der Waals surface area contributed by atoms with E-state index < -0.39 is 0 Å². The van der Waals surface area contributed by atoms with Gasteiger partial charge in [0.1, 0.15) is 23.7 Å². The van der Waals surface area contributed by atoms with Crippen LogP contribution in [0.15, 0.2) is 47.2 Å². The summed E-state index contributed by atoms with van der Waals surface area (Å²) in [4.78, 5) is 10.9. The van der Waals surface area contributed by atoms with Crippen molar-refractivity contribution in [2.24, 2.45) is 0 Å². The second-order valence-electron chi connectivity index (χ2n) is 5.98. The Morgan fingerprint density at radius 3 is 2.50 bits per heavy atom. The second-order valence-corrected chi connectivity index (χ2v) is 5.98. The van der Waals surface area contributed by atoms with Crippen LogP contribution in [0.4, 0.5) is 28.8 Å². The van der Waals surface area contributed by atoms with Crippen molar-refractivity contribution >= 4 is 28.8 Å². The van der Waals surface area contributed by atoms with Crippen LogP contribution in [0.25, 0.3) is 0 Å². The third kappa shape index (κ3) is 3.75. The van der Waals surface area contributed by atoms with E-state index in [1.165, 1.54) is 6.33 Å². The SMILES string of the molecule is Cc1cc(Nc2cc(Nc3ccccc3N3CCOCC3)ncn2)no1. The lowest BCUT2D eigenvalue weighted by molar-refractivity contribution is 0.123. The van der Waals surface area contributed by atoms with Crippen LogP contribution in [0, 0.1) is 6.92 Å². The van der Waals surface area contributed by atoms with Crippen LogP contribution >= 0.6 is 0 Å². The quantitative estimate of drug-likeness (QED) is 0.724. The number of para-hydroxylation sites is 2. The van der Waals surface area contributed by atoms with E-state index in [-0.39, 0.29) is 0 Å². The van der Waals surface area contributed by atoms with Gasteiger partial charge < -0.3 is 24.8 Å². The minimum Gasteiger partial charge on any atom is -0.378 e. The van der Waals surface area contributed by atoms with Crippen molar-refractivity contribution in [3.8, 4) is 0 Å². The van der Waals surface area contributed by atoms with E-state index in [0.29, 0.717) is 17.5 Å². The predicted octanol–water partition coefficient (Wildman–Crippen LogP) is 3.10. The zero-order chi connectivity index (χ0) is 17.8. The van der Waals surface area contributed by atoms with E-state index in [4.69, 9.17) is 9.26 Å². The molecular weight excluding hydrogens is 332 g/mol. The van der Waals surface area contributed by atoms with Gasteiger partial charge in [0.15, 0.2) is 5.82 Å². The van der Waals surface area contributed by atoms with Crippen LogP contribution in [0.1, 0.15) is 5.76 Å². The highest BCUT2D eigenvalue weighted by Gasteiger charge is 2.15. The summed E-state index contributed by atoms with van der Waals surface area (Å²) in [6.45, 7) is 5.08. The molecule has 1 aromatic carbocycles. The Morgan fingerprint density at radius 1 is 0.962 bits per heavy atom. The molecule has 2 N–H and O–H groups in total. The number of nitrogens with zero attached hydrogens (tertiary/aromatic N) is 4. The predicted molar refractivity (Wildman–Crippen MR) is 99.3 cm³/mol. The molecule has 0 atom stereocenters. The molecule has 3 heterocycles. The smallest absolute Gasteiger partial charge is 0.175 e. The van der Waals surface area contributed by atoms with Crippen LogP contribution in [0.2, 0.25) is 0 Å². The molecule has 1 aliphatic rings. The number of aryl methyl sites for hydroxylation is 1. The van der Waals surface area contributed by atoms with Crippen LogP contribution < -0.4 is 15.5 Å². The van der Waals surface area contributed by atoms with Gasteiger partial charge >= 0.3 is 0 Å². The lowest BCUT2D eigenvalue weighted by Gasteiger charge is -2.30. The number of benzene rings is 1. The highest BCUT2D eigenvalue weighted by atomic mass is 16.5. The van der Waals surface area contributed by atoms with E-state index in [1.54, 1.807) is 0 Å². The maximum absolute atomic E-state index is 5.45. The largest absolute Gasteiger partial charge is 0.378 e. The zero-order valence-corrected chi connectivity index (χ0v) is 14.5. The van der Waals surface area contributed by atoms with Crippen molar-refractivity contribution in [2.45, 2.75) is 6.92 Å². The van der Waals surface area contributed by atoms with E-state index in [9.17, 15) is 0 Å². The summed E-state index contributed by atoms with van der Waals surface area (Å²) in [5.74, 6) is 2.68. The van der Waals surface area contributed by atoms with Gasteiger partial charge in [-0.1, -0.05) is 17.3 Å². The fourth-order valence-electron chi connectivity index (χ4n) is 2.85. The van der Waals surface area contributed by atoms with E-state index in [0.717, 1.165) is 43.4 Å². The van der Waals surface area contributed by atoms with Gasteiger partial charge in [0.25, 0.3) is 0 Å². The fourth-order valence-corrected chi connectivity index (χ4v) is 2.85. The molecule has 4 rings (SSSR count). The highest BCUT2D eigenvalue weighted by Crippen LogP contribution is 2.29. The molecule has 0 aliphatic carbocycles. The average molecular weight is 352 g/mol. The Balaban J connectivity index is 1.53. The van der Waals surface area contributed by atoms with Gasteiger partial charge in [0.05, 0.1) is 24.6 Å². The summed E-state index contributed by atoms with van der Waals surface area (Å²) in [5.41, 5.74) is 2.13. The van der Waals surface area contributed by atoms with Gasteiger partial charge in [-0.3, -0.25) is 0 Å². The molecule has 0 unspecified atom stereocenters. The Bertz CT molecular complexity index is 875. The lowest BCUT2D eigenvalue weighted by Crippen LogP contribution is -2.36. The fraction of sp³-hybridized carbons (Fsp3) is 0.278. The Morgan fingerprint density at radius 2 is 1.73 bits per heavy atom. The summed E-state index contributed by atoms with van der Waals surface area (Å²) in [5, 5.41) is 10.4. The summed E-state index contributed by atoms with van der Waals surface area (Å²) >= 11 is 0. The lowest BCUT2D eigenvalue weighted by atomic mass is 10.2. The number of hydrogen-bond acceptors (Lipinski definition) is 8. The maximum atomic E-state index is 5.45. The molecule has 1 aliphatic heterocycles. The highest BCUT2D eigenvalue weighted by molar-refractivity contribution is 5.75. The standard InChI is InChI=1S/C18H20N6O2/c1-13-10-18(23-26-13)22-17-11-16(19-12-20-17)21-14-4-2-3-5-15(14)24-6-8-25-9-7-24/h2-5,10-12H,6-9H2,1H3,(H2,19,20,21,22,23). The maximum Gasteiger partial charge on any atom is 0.175 e. The molecule has 8 nitrogen and oxygen atoms in total. The van der Waals surface area contributed by atoms with Gasteiger partial charge in [0, 0.05) is 25.2 Å².